The molecular weight excluding hydrogens is 548 g/mol. The zero-order chi connectivity index (χ0) is 31.1. The van der Waals surface area contributed by atoms with Crippen molar-refractivity contribution in [2.45, 2.75) is 33.4 Å². The van der Waals surface area contributed by atoms with Gasteiger partial charge in [-0.25, -0.2) is 0 Å². The van der Waals surface area contributed by atoms with Crippen LogP contribution in [0, 0.1) is 6.92 Å². The Hall–Kier alpha value is -4.50. The maximum absolute atomic E-state index is 13.6. The fourth-order valence-electron chi connectivity index (χ4n) is 5.35. The Morgan fingerprint density at radius 2 is 1.53 bits per heavy atom. The number of likely N-dealkylation sites (tertiary alicyclic amines) is 1. The molecule has 0 aromatic heterocycles. The van der Waals surface area contributed by atoms with Crippen LogP contribution in [0.15, 0.2) is 66.2 Å². The number of likely N-dealkylation sites (N-methyl/N-ethyl adjacent to an activating group) is 1. The molecule has 1 N–H and O–H groups in total. The van der Waals surface area contributed by atoms with Crippen LogP contribution in [0.5, 0.6) is 23.0 Å². The number of aliphatic hydroxyl groups excluding tert-OH is 1. The number of carbonyl (C=O) groups is 2. The number of rotatable bonds is 13. The fraction of sp³-hybridized carbons (Fsp3) is 0.353. The molecule has 9 heteroatoms. The standard InChI is InChI=1S/C34H40N2O7/c1-7-35(8-2)16-17-36-30(25-19-27(40-4)33(42-6)28(20-25)41-5)29(32(38)34(36)39)31(37)24-14-15-26(22(3)18-24)43-21-23-12-10-9-11-13-23/h9-15,18-20,30,37H,7-8,16-17,21H2,1-6H3/b31-29+/t30-/m0/s1. The second-order valence-corrected chi connectivity index (χ2v) is 10.2. The normalized spacial score (nSPS) is 16.1. The third-order valence-electron chi connectivity index (χ3n) is 7.78. The van der Waals surface area contributed by atoms with E-state index in [1.54, 1.807) is 30.3 Å². The molecule has 9 nitrogen and oxygen atoms in total. The van der Waals surface area contributed by atoms with Crippen molar-refractivity contribution in [2.75, 3.05) is 47.5 Å². The van der Waals surface area contributed by atoms with Crippen molar-refractivity contribution in [1.82, 2.24) is 9.80 Å². The van der Waals surface area contributed by atoms with Gasteiger partial charge in [-0.15, -0.1) is 0 Å². The number of ether oxygens (including phenoxy) is 4. The van der Waals surface area contributed by atoms with Crippen LogP contribution in [0.3, 0.4) is 0 Å². The molecule has 0 radical (unpaired) electrons. The SMILES string of the molecule is CCN(CC)CCN1C(=O)C(=O)/C(=C(/O)c2ccc(OCc3ccccc3)c(C)c2)[C@@H]1c1cc(OC)c(OC)c(OC)c1. The van der Waals surface area contributed by atoms with Gasteiger partial charge in [-0.05, 0) is 67.0 Å². The molecular formula is C34H40N2O7. The number of Topliss-reactive ketones (excluding diaryl/α,β-unsaturated/α-hetero) is 1. The van der Waals surface area contributed by atoms with Crippen LogP contribution in [-0.4, -0.2) is 74.1 Å². The number of aryl methyl sites for hydroxylation is 1. The average molecular weight is 589 g/mol. The molecule has 0 spiro atoms. The third kappa shape index (κ3) is 6.62. The van der Waals surface area contributed by atoms with E-state index in [0.29, 0.717) is 47.3 Å². The van der Waals surface area contributed by atoms with E-state index in [0.717, 1.165) is 24.2 Å². The molecule has 4 rings (SSSR count). The van der Waals surface area contributed by atoms with Gasteiger partial charge < -0.3 is 33.9 Å². The van der Waals surface area contributed by atoms with E-state index in [9.17, 15) is 14.7 Å². The van der Waals surface area contributed by atoms with E-state index < -0.39 is 17.7 Å². The Bertz CT molecular complexity index is 1460. The van der Waals surface area contributed by atoms with Crippen LogP contribution >= 0.6 is 0 Å². The summed E-state index contributed by atoms with van der Waals surface area (Å²) in [7, 11) is 4.51. The molecule has 0 bridgehead atoms. The van der Waals surface area contributed by atoms with E-state index in [4.69, 9.17) is 18.9 Å². The second-order valence-electron chi connectivity index (χ2n) is 10.2. The van der Waals surface area contributed by atoms with Gasteiger partial charge in [0.25, 0.3) is 11.7 Å². The van der Waals surface area contributed by atoms with E-state index in [-0.39, 0.29) is 17.9 Å². The summed E-state index contributed by atoms with van der Waals surface area (Å²) in [5.74, 6) is 0.102. The van der Waals surface area contributed by atoms with Gasteiger partial charge in [0.2, 0.25) is 5.75 Å². The van der Waals surface area contributed by atoms with Crippen molar-refractivity contribution < 1.29 is 33.6 Å². The molecule has 3 aromatic rings. The van der Waals surface area contributed by atoms with E-state index in [2.05, 4.69) is 4.90 Å². The first-order valence-electron chi connectivity index (χ1n) is 14.4. The van der Waals surface area contributed by atoms with Gasteiger partial charge in [0.1, 0.15) is 18.1 Å². The molecule has 1 heterocycles. The second kappa shape index (κ2) is 14.1. The molecule has 0 aliphatic carbocycles. The minimum Gasteiger partial charge on any atom is -0.507 e. The molecule has 1 saturated heterocycles. The molecule has 228 valence electrons. The minimum absolute atomic E-state index is 0.00354. The summed E-state index contributed by atoms with van der Waals surface area (Å²) in [6.07, 6.45) is 0. The summed E-state index contributed by atoms with van der Waals surface area (Å²) >= 11 is 0. The molecule has 1 fully saturated rings. The van der Waals surface area contributed by atoms with Gasteiger partial charge in [-0.1, -0.05) is 44.2 Å². The summed E-state index contributed by atoms with van der Waals surface area (Å²) in [4.78, 5) is 30.8. The first-order chi connectivity index (χ1) is 20.8. The van der Waals surface area contributed by atoms with Gasteiger partial charge >= 0.3 is 0 Å². The van der Waals surface area contributed by atoms with Crippen molar-refractivity contribution >= 4 is 17.4 Å². The highest BCUT2D eigenvalue weighted by Crippen LogP contribution is 2.45. The number of hydrogen-bond donors (Lipinski definition) is 1. The lowest BCUT2D eigenvalue weighted by Gasteiger charge is -2.29. The summed E-state index contributed by atoms with van der Waals surface area (Å²) < 4.78 is 22.6. The molecule has 0 unspecified atom stereocenters. The minimum atomic E-state index is -0.876. The number of benzene rings is 3. The van der Waals surface area contributed by atoms with Crippen molar-refractivity contribution in [3.05, 3.63) is 88.5 Å². The number of carbonyl (C=O) groups excluding carboxylic acids is 2. The van der Waals surface area contributed by atoms with E-state index >= 15 is 0 Å². The Labute approximate surface area is 253 Å². The van der Waals surface area contributed by atoms with Gasteiger partial charge in [0.05, 0.1) is 32.9 Å². The molecule has 0 saturated carbocycles. The summed E-state index contributed by atoms with van der Waals surface area (Å²) in [6.45, 7) is 8.81. The van der Waals surface area contributed by atoms with Crippen molar-refractivity contribution in [2.24, 2.45) is 0 Å². The molecule has 1 atom stereocenters. The van der Waals surface area contributed by atoms with Gasteiger partial charge in [-0.2, -0.15) is 0 Å². The maximum Gasteiger partial charge on any atom is 0.295 e. The molecule has 43 heavy (non-hydrogen) atoms. The van der Waals surface area contributed by atoms with E-state index in [1.165, 1.54) is 26.2 Å². The van der Waals surface area contributed by atoms with Crippen molar-refractivity contribution in [1.29, 1.82) is 0 Å². The Kier molecular flexibility index (Phi) is 10.3. The first-order valence-corrected chi connectivity index (χ1v) is 14.4. The number of aliphatic hydroxyl groups is 1. The first kappa shape index (κ1) is 31.4. The lowest BCUT2D eigenvalue weighted by atomic mass is 9.94. The van der Waals surface area contributed by atoms with Gasteiger partial charge in [-0.3, -0.25) is 9.59 Å². The zero-order valence-corrected chi connectivity index (χ0v) is 25.7. The van der Waals surface area contributed by atoms with Crippen LogP contribution in [0.25, 0.3) is 5.76 Å². The number of nitrogens with zero attached hydrogens (tertiary/aromatic N) is 2. The van der Waals surface area contributed by atoms with E-state index in [1.807, 2.05) is 51.1 Å². The molecule has 1 aliphatic heterocycles. The molecule has 1 aliphatic rings. The number of ketones is 1. The average Bonchev–Trinajstić information content (AvgIpc) is 3.29. The number of methoxy groups -OCH3 is 3. The maximum atomic E-state index is 13.6. The number of amides is 1. The van der Waals surface area contributed by atoms with Gasteiger partial charge in [0.15, 0.2) is 11.5 Å². The highest BCUT2D eigenvalue weighted by atomic mass is 16.5. The fourth-order valence-corrected chi connectivity index (χ4v) is 5.35. The highest BCUT2D eigenvalue weighted by Gasteiger charge is 2.46. The monoisotopic (exact) mass is 588 g/mol. The van der Waals surface area contributed by atoms with Crippen LogP contribution in [0.1, 0.15) is 42.1 Å². The van der Waals surface area contributed by atoms with Crippen molar-refractivity contribution in [3.8, 4) is 23.0 Å². The molecule has 1 amide bonds. The lowest BCUT2D eigenvalue weighted by Crippen LogP contribution is -2.38. The van der Waals surface area contributed by atoms with Crippen LogP contribution in [0.2, 0.25) is 0 Å². The quantitative estimate of drug-likeness (QED) is 0.162. The smallest absolute Gasteiger partial charge is 0.295 e. The Balaban J connectivity index is 1.79. The topological polar surface area (TPSA) is 97.8 Å². The Morgan fingerprint density at radius 1 is 0.884 bits per heavy atom. The van der Waals surface area contributed by atoms with Gasteiger partial charge in [0, 0.05) is 18.7 Å². The Morgan fingerprint density at radius 3 is 2.09 bits per heavy atom. The zero-order valence-electron chi connectivity index (χ0n) is 25.7. The van der Waals surface area contributed by atoms with Crippen molar-refractivity contribution in [3.63, 3.8) is 0 Å². The predicted octanol–water partition coefficient (Wildman–Crippen LogP) is 5.36. The third-order valence-corrected chi connectivity index (χ3v) is 7.78. The highest BCUT2D eigenvalue weighted by molar-refractivity contribution is 6.46. The summed E-state index contributed by atoms with van der Waals surface area (Å²) in [6, 6.07) is 17.6. The lowest BCUT2D eigenvalue weighted by molar-refractivity contribution is -0.140. The predicted molar refractivity (Wildman–Crippen MR) is 165 cm³/mol. The van der Waals surface area contributed by atoms with Crippen LogP contribution in [0.4, 0.5) is 0 Å². The van der Waals surface area contributed by atoms with Crippen LogP contribution in [-0.2, 0) is 16.2 Å². The largest absolute Gasteiger partial charge is 0.507 e. The molecule has 3 aromatic carbocycles. The summed E-state index contributed by atoms with van der Waals surface area (Å²) in [5, 5.41) is 11.6. The summed E-state index contributed by atoms with van der Waals surface area (Å²) in [5.41, 5.74) is 2.76. The number of hydrogen-bond acceptors (Lipinski definition) is 8. The van der Waals surface area contributed by atoms with Crippen LogP contribution < -0.4 is 18.9 Å².